The van der Waals surface area contributed by atoms with Gasteiger partial charge in [0.2, 0.25) is 5.91 Å². The third-order valence-electron chi connectivity index (χ3n) is 4.88. The molecule has 0 aromatic rings. The van der Waals surface area contributed by atoms with E-state index in [4.69, 9.17) is 0 Å². The van der Waals surface area contributed by atoms with Crippen molar-refractivity contribution in [2.24, 2.45) is 5.41 Å². The number of imide groups is 1. The first-order valence-corrected chi connectivity index (χ1v) is 8.34. The summed E-state index contributed by atoms with van der Waals surface area (Å²) in [6, 6.07) is -0.483. The van der Waals surface area contributed by atoms with Crippen LogP contribution in [-0.2, 0) is 4.79 Å². The smallest absolute Gasteiger partial charge is 0.326 e. The molecule has 0 radical (unpaired) electrons. The van der Waals surface area contributed by atoms with E-state index in [0.717, 1.165) is 4.90 Å². The van der Waals surface area contributed by atoms with Gasteiger partial charge in [0.25, 0.3) is 0 Å². The third kappa shape index (κ3) is 3.46. The van der Waals surface area contributed by atoms with Crippen molar-refractivity contribution < 1.29 is 24.6 Å². The highest BCUT2D eigenvalue weighted by Crippen LogP contribution is 2.26. The lowest BCUT2D eigenvalue weighted by Gasteiger charge is -2.30. The fourth-order valence-corrected chi connectivity index (χ4v) is 3.00. The van der Waals surface area contributed by atoms with Gasteiger partial charge in [-0.1, -0.05) is 6.92 Å². The Kier molecular flexibility index (Phi) is 6.00. The van der Waals surface area contributed by atoms with Crippen LogP contribution in [0.5, 0.6) is 0 Å². The van der Waals surface area contributed by atoms with E-state index in [1.165, 1.54) is 0 Å². The van der Waals surface area contributed by atoms with E-state index in [2.05, 4.69) is 5.32 Å². The summed E-state index contributed by atoms with van der Waals surface area (Å²) in [5.74, 6) is -0.526. The van der Waals surface area contributed by atoms with Gasteiger partial charge in [-0.3, -0.25) is 9.69 Å². The number of nitrogens with zero attached hydrogens (tertiary/aromatic N) is 3. The minimum Gasteiger partial charge on any atom is -0.395 e. The van der Waals surface area contributed by atoms with Gasteiger partial charge in [0.15, 0.2) is 0 Å². The number of hydrogen-bond acceptors (Lipinski definition) is 5. The van der Waals surface area contributed by atoms with Crippen molar-refractivity contribution in [3.05, 3.63) is 0 Å². The van der Waals surface area contributed by atoms with Crippen molar-refractivity contribution in [1.29, 1.82) is 0 Å². The van der Waals surface area contributed by atoms with Crippen LogP contribution in [0.1, 0.15) is 19.8 Å². The first kappa shape index (κ1) is 18.5. The van der Waals surface area contributed by atoms with Crippen molar-refractivity contribution in [2.45, 2.75) is 19.8 Å². The predicted molar refractivity (Wildman–Crippen MR) is 85.2 cm³/mol. The molecule has 0 aromatic carbocycles. The van der Waals surface area contributed by atoms with E-state index in [0.29, 0.717) is 39.1 Å². The zero-order valence-corrected chi connectivity index (χ0v) is 14.0. The maximum absolute atomic E-state index is 12.5. The molecule has 9 heteroatoms. The number of amides is 5. The Labute approximate surface area is 141 Å². The summed E-state index contributed by atoms with van der Waals surface area (Å²) in [4.78, 5) is 40.8. The second-order valence-corrected chi connectivity index (χ2v) is 6.25. The molecule has 0 unspecified atom stereocenters. The molecule has 2 saturated heterocycles. The fraction of sp³-hybridized carbons (Fsp3) is 0.800. The largest absolute Gasteiger partial charge is 0.395 e. The molecular weight excluding hydrogens is 316 g/mol. The second kappa shape index (κ2) is 7.80. The average molecular weight is 342 g/mol. The van der Waals surface area contributed by atoms with E-state index in [9.17, 15) is 24.6 Å². The summed E-state index contributed by atoms with van der Waals surface area (Å²) in [6.45, 7) is 3.73. The van der Waals surface area contributed by atoms with Crippen LogP contribution in [0, 0.1) is 5.41 Å². The van der Waals surface area contributed by atoms with Gasteiger partial charge in [0, 0.05) is 39.3 Å². The van der Waals surface area contributed by atoms with Crippen LogP contribution in [0.3, 0.4) is 0 Å². The van der Waals surface area contributed by atoms with Gasteiger partial charge in [-0.15, -0.1) is 0 Å². The molecule has 2 aliphatic heterocycles. The number of carbonyl (C=O) groups is 3. The molecule has 2 aliphatic rings. The highest BCUT2D eigenvalue weighted by atomic mass is 16.3. The number of aliphatic hydroxyl groups excluding tert-OH is 2. The zero-order valence-electron chi connectivity index (χ0n) is 14.0. The Hall–Kier alpha value is -1.87. The maximum Gasteiger partial charge on any atom is 0.326 e. The molecule has 2 heterocycles. The van der Waals surface area contributed by atoms with Crippen LogP contribution in [0.25, 0.3) is 0 Å². The Morgan fingerprint density at radius 1 is 1.12 bits per heavy atom. The van der Waals surface area contributed by atoms with Crippen LogP contribution in [0.2, 0.25) is 0 Å². The van der Waals surface area contributed by atoms with Gasteiger partial charge in [-0.05, 0) is 12.8 Å². The zero-order chi connectivity index (χ0) is 17.7. The second-order valence-electron chi connectivity index (χ2n) is 6.25. The monoisotopic (exact) mass is 342 g/mol. The molecule has 0 aliphatic carbocycles. The Morgan fingerprint density at radius 3 is 2.33 bits per heavy atom. The summed E-state index contributed by atoms with van der Waals surface area (Å²) >= 11 is 0. The van der Waals surface area contributed by atoms with Gasteiger partial charge < -0.3 is 25.3 Å². The molecule has 136 valence electrons. The Bertz CT molecular complexity index is 486. The molecule has 0 bridgehead atoms. The van der Waals surface area contributed by atoms with Crippen LogP contribution in [0.4, 0.5) is 9.59 Å². The quantitative estimate of drug-likeness (QED) is 0.526. The van der Waals surface area contributed by atoms with Crippen molar-refractivity contribution in [3.8, 4) is 0 Å². The molecule has 5 amide bonds. The summed E-state index contributed by atoms with van der Waals surface area (Å²) in [5, 5.41) is 21.7. The lowest BCUT2D eigenvalue weighted by Crippen LogP contribution is -2.49. The highest BCUT2D eigenvalue weighted by Gasteiger charge is 2.44. The summed E-state index contributed by atoms with van der Waals surface area (Å²) in [6.07, 6.45) is 0.896. The first-order valence-electron chi connectivity index (χ1n) is 8.34. The lowest BCUT2D eigenvalue weighted by atomic mass is 9.85. The van der Waals surface area contributed by atoms with Crippen LogP contribution >= 0.6 is 0 Å². The fourth-order valence-electron chi connectivity index (χ4n) is 3.00. The van der Waals surface area contributed by atoms with Crippen LogP contribution in [-0.4, -0.2) is 95.4 Å². The molecule has 2 fully saturated rings. The number of aliphatic hydroxyl groups is 2. The average Bonchev–Trinajstić information content (AvgIpc) is 3.16. The van der Waals surface area contributed by atoms with Crippen molar-refractivity contribution in [3.63, 3.8) is 0 Å². The SMILES string of the molecule is CCC(CO)(CO)C(=O)N1CCN(CCCN2CCNC2=O)C1=O. The van der Waals surface area contributed by atoms with Gasteiger partial charge in [0.1, 0.15) is 0 Å². The van der Waals surface area contributed by atoms with E-state index >= 15 is 0 Å². The predicted octanol–water partition coefficient (Wildman–Crippen LogP) is -0.953. The summed E-state index contributed by atoms with van der Waals surface area (Å²) in [5.41, 5.74) is -1.31. The molecule has 0 atom stereocenters. The maximum atomic E-state index is 12.5. The minimum atomic E-state index is -1.31. The molecule has 2 rings (SSSR count). The molecule has 0 aromatic heterocycles. The Morgan fingerprint density at radius 2 is 1.79 bits per heavy atom. The number of rotatable bonds is 8. The van der Waals surface area contributed by atoms with Crippen LogP contribution in [0.15, 0.2) is 0 Å². The molecule has 24 heavy (non-hydrogen) atoms. The van der Waals surface area contributed by atoms with Crippen molar-refractivity contribution in [2.75, 3.05) is 52.5 Å². The number of carbonyl (C=O) groups excluding carboxylic acids is 3. The standard InChI is InChI=1S/C15H26N4O5/c1-2-15(10-20,11-21)12(22)19-9-8-18(14(19)24)6-3-5-17-7-4-16-13(17)23/h20-21H,2-11H2,1H3,(H,16,23). The number of urea groups is 2. The van der Waals surface area contributed by atoms with E-state index in [1.807, 2.05) is 0 Å². The van der Waals surface area contributed by atoms with Crippen LogP contribution < -0.4 is 5.32 Å². The molecule has 9 nitrogen and oxygen atoms in total. The molecule has 0 spiro atoms. The highest BCUT2D eigenvalue weighted by molar-refractivity contribution is 5.98. The number of nitrogens with one attached hydrogen (secondary N) is 1. The van der Waals surface area contributed by atoms with E-state index in [1.54, 1.807) is 16.7 Å². The topological polar surface area (TPSA) is 113 Å². The minimum absolute atomic E-state index is 0.0850. The number of hydrogen-bond donors (Lipinski definition) is 3. The first-order chi connectivity index (χ1) is 11.5. The van der Waals surface area contributed by atoms with Gasteiger partial charge >= 0.3 is 12.1 Å². The Balaban J connectivity index is 1.87. The van der Waals surface area contributed by atoms with Crippen molar-refractivity contribution in [1.82, 2.24) is 20.0 Å². The van der Waals surface area contributed by atoms with Crippen molar-refractivity contribution >= 4 is 18.0 Å². The van der Waals surface area contributed by atoms with Gasteiger partial charge in [-0.2, -0.15) is 0 Å². The van der Waals surface area contributed by atoms with E-state index < -0.39 is 30.6 Å². The molecule has 0 saturated carbocycles. The summed E-state index contributed by atoms with van der Waals surface area (Å²) in [7, 11) is 0. The van der Waals surface area contributed by atoms with Gasteiger partial charge in [0.05, 0.1) is 18.6 Å². The summed E-state index contributed by atoms with van der Waals surface area (Å²) < 4.78 is 0. The lowest BCUT2D eigenvalue weighted by molar-refractivity contribution is -0.144. The van der Waals surface area contributed by atoms with E-state index in [-0.39, 0.29) is 19.0 Å². The van der Waals surface area contributed by atoms with Gasteiger partial charge in [-0.25, -0.2) is 9.59 Å². The normalized spacial score (nSPS) is 18.5. The molecular formula is C15H26N4O5. The molecule has 3 N–H and O–H groups in total. The third-order valence-corrected chi connectivity index (χ3v) is 4.88.